The van der Waals surface area contributed by atoms with E-state index < -0.39 is 10.0 Å². The summed E-state index contributed by atoms with van der Waals surface area (Å²) in [5, 5.41) is 0.656. The van der Waals surface area contributed by atoms with Gasteiger partial charge in [-0.3, -0.25) is 14.6 Å². The van der Waals surface area contributed by atoms with Crippen molar-refractivity contribution in [1.29, 1.82) is 0 Å². The summed E-state index contributed by atoms with van der Waals surface area (Å²) >= 11 is 1.51. The Morgan fingerprint density at radius 2 is 1.73 bits per heavy atom. The number of ether oxygens (including phenoxy) is 2. The summed E-state index contributed by atoms with van der Waals surface area (Å²) < 4.78 is 40.3. The highest BCUT2D eigenvalue weighted by Gasteiger charge is 2.32. The van der Waals surface area contributed by atoms with Crippen molar-refractivity contribution in [3.8, 4) is 0 Å². The number of carbonyl (C=O) groups is 1. The fourth-order valence-corrected chi connectivity index (χ4v) is 7.93. The van der Waals surface area contributed by atoms with Gasteiger partial charge in [0.2, 0.25) is 10.0 Å². The van der Waals surface area contributed by atoms with Crippen LogP contribution in [0.5, 0.6) is 0 Å². The van der Waals surface area contributed by atoms with Crippen molar-refractivity contribution in [2.45, 2.75) is 51.2 Å². The van der Waals surface area contributed by atoms with E-state index in [2.05, 4.69) is 30.9 Å². The second kappa shape index (κ2) is 12.2. The minimum Gasteiger partial charge on any atom is -0.379 e. The van der Waals surface area contributed by atoms with Crippen molar-refractivity contribution in [2.75, 3.05) is 57.4 Å². The first-order valence-electron chi connectivity index (χ1n) is 13.9. The largest absolute Gasteiger partial charge is 0.379 e. The molecule has 5 rings (SSSR count). The number of benzene rings is 2. The Morgan fingerprint density at radius 1 is 1.05 bits per heavy atom. The van der Waals surface area contributed by atoms with Crippen LogP contribution in [-0.2, 0) is 19.5 Å². The molecule has 1 amide bonds. The minimum absolute atomic E-state index is 0.174. The molecule has 0 radical (unpaired) electrons. The lowest BCUT2D eigenvalue weighted by molar-refractivity contribution is -0.0440. The number of amides is 1. The molecule has 11 heteroatoms. The van der Waals surface area contributed by atoms with Gasteiger partial charge in [-0.25, -0.2) is 13.4 Å². The van der Waals surface area contributed by atoms with Crippen LogP contribution in [0.1, 0.15) is 41.8 Å². The first-order chi connectivity index (χ1) is 19.1. The Hall–Kier alpha value is -2.41. The van der Waals surface area contributed by atoms with E-state index in [9.17, 15) is 13.2 Å². The molecule has 3 heterocycles. The molecule has 2 aliphatic rings. The van der Waals surface area contributed by atoms with Crippen LogP contribution in [0.4, 0.5) is 5.13 Å². The Morgan fingerprint density at radius 3 is 2.40 bits per heavy atom. The number of fused-ring (bicyclic) bond motifs is 1. The molecule has 3 aromatic rings. The van der Waals surface area contributed by atoms with Crippen molar-refractivity contribution in [3.05, 3.63) is 53.1 Å². The van der Waals surface area contributed by atoms with Crippen LogP contribution in [0.25, 0.3) is 10.2 Å². The molecule has 216 valence electrons. The van der Waals surface area contributed by atoms with E-state index in [1.54, 1.807) is 17.0 Å². The Kier molecular flexibility index (Phi) is 8.89. The summed E-state index contributed by atoms with van der Waals surface area (Å²) in [6.45, 7) is 13.1. The van der Waals surface area contributed by atoms with Gasteiger partial charge in [0.05, 0.1) is 40.5 Å². The van der Waals surface area contributed by atoms with Crippen molar-refractivity contribution < 1.29 is 22.7 Å². The fraction of sp³-hybridized carbons (Fsp3) is 0.517. The van der Waals surface area contributed by atoms with Gasteiger partial charge in [0.15, 0.2) is 5.13 Å². The lowest BCUT2D eigenvalue weighted by Gasteiger charge is -2.34. The van der Waals surface area contributed by atoms with Crippen molar-refractivity contribution >= 4 is 42.6 Å². The monoisotopic (exact) mass is 586 g/mol. The predicted molar refractivity (Wildman–Crippen MR) is 158 cm³/mol. The Labute approximate surface area is 240 Å². The third-order valence-corrected chi connectivity index (χ3v) is 10.5. The van der Waals surface area contributed by atoms with Crippen LogP contribution in [0.2, 0.25) is 0 Å². The highest BCUT2D eigenvalue weighted by molar-refractivity contribution is 7.89. The van der Waals surface area contributed by atoms with Gasteiger partial charge in [0.1, 0.15) is 0 Å². The van der Waals surface area contributed by atoms with Gasteiger partial charge in [-0.15, -0.1) is 0 Å². The van der Waals surface area contributed by atoms with E-state index in [0.29, 0.717) is 30.3 Å². The van der Waals surface area contributed by atoms with Gasteiger partial charge >= 0.3 is 0 Å². The number of hydrogen-bond donors (Lipinski definition) is 0. The van der Waals surface area contributed by atoms with Crippen LogP contribution >= 0.6 is 11.3 Å². The van der Waals surface area contributed by atoms with Crippen molar-refractivity contribution in [1.82, 2.24) is 14.2 Å². The van der Waals surface area contributed by atoms with Crippen LogP contribution in [-0.4, -0.2) is 93.2 Å². The van der Waals surface area contributed by atoms with Crippen LogP contribution in [0, 0.1) is 13.8 Å². The lowest BCUT2D eigenvalue weighted by atomic mass is 10.1. The molecule has 2 saturated heterocycles. The fourth-order valence-electron chi connectivity index (χ4n) is 5.29. The maximum atomic E-state index is 13.9. The van der Waals surface area contributed by atoms with E-state index in [4.69, 9.17) is 14.5 Å². The average Bonchev–Trinajstić information content (AvgIpc) is 3.38. The third-order valence-electron chi connectivity index (χ3n) is 7.63. The van der Waals surface area contributed by atoms with E-state index in [0.717, 1.165) is 60.6 Å². The van der Waals surface area contributed by atoms with Crippen molar-refractivity contribution in [3.63, 3.8) is 0 Å². The topological polar surface area (TPSA) is 92.3 Å². The quantitative estimate of drug-likeness (QED) is 0.393. The molecule has 0 N–H and O–H groups in total. The second-order valence-corrected chi connectivity index (χ2v) is 13.7. The lowest BCUT2D eigenvalue weighted by Crippen LogP contribution is -2.48. The molecule has 0 bridgehead atoms. The maximum absolute atomic E-state index is 13.9. The first kappa shape index (κ1) is 29.1. The van der Waals surface area contributed by atoms with Gasteiger partial charge in [-0.1, -0.05) is 17.4 Å². The van der Waals surface area contributed by atoms with Crippen LogP contribution in [0.15, 0.2) is 41.3 Å². The molecule has 1 aromatic heterocycles. The first-order valence-corrected chi connectivity index (χ1v) is 16.1. The molecule has 2 aliphatic heterocycles. The normalized spacial score (nSPS) is 21.1. The third kappa shape index (κ3) is 6.24. The molecular formula is C29H38N4O5S2. The van der Waals surface area contributed by atoms with E-state index in [1.165, 1.54) is 27.8 Å². The molecule has 2 aromatic carbocycles. The number of aryl methyl sites for hydroxylation is 2. The average molecular weight is 587 g/mol. The molecule has 2 fully saturated rings. The van der Waals surface area contributed by atoms with Gasteiger partial charge < -0.3 is 9.47 Å². The summed E-state index contributed by atoms with van der Waals surface area (Å²) in [7, 11) is -3.69. The van der Waals surface area contributed by atoms with Gasteiger partial charge in [0.25, 0.3) is 5.91 Å². The summed E-state index contributed by atoms with van der Waals surface area (Å²) in [6, 6.07) is 10.4. The molecule has 40 heavy (non-hydrogen) atoms. The Bertz CT molecular complexity index is 1440. The maximum Gasteiger partial charge on any atom is 0.260 e. The van der Waals surface area contributed by atoms with E-state index >= 15 is 0 Å². The summed E-state index contributed by atoms with van der Waals surface area (Å²) in [6.07, 6.45) is 0.442. The van der Waals surface area contributed by atoms with E-state index in [-0.39, 0.29) is 23.0 Å². The zero-order valence-corrected chi connectivity index (χ0v) is 25.3. The summed E-state index contributed by atoms with van der Waals surface area (Å²) in [5.41, 5.74) is 3.63. The zero-order valence-electron chi connectivity index (χ0n) is 23.6. The number of morpholine rings is 2. The van der Waals surface area contributed by atoms with Crippen LogP contribution < -0.4 is 4.90 Å². The number of aromatic nitrogens is 1. The molecule has 9 nitrogen and oxygen atoms in total. The summed E-state index contributed by atoms with van der Waals surface area (Å²) in [5.74, 6) is -0.187. The van der Waals surface area contributed by atoms with E-state index in [1.807, 2.05) is 13.8 Å². The van der Waals surface area contributed by atoms with Gasteiger partial charge in [-0.05, 0) is 75.6 Å². The van der Waals surface area contributed by atoms with Gasteiger partial charge in [0, 0.05) is 44.8 Å². The molecule has 0 aliphatic carbocycles. The standard InChI is InChI=1S/C29H38N4O5S2/c1-20-6-11-26-27(23(20)4)30-29(39-26)33(13-5-12-31-14-16-37-17-15-31)28(34)24-7-9-25(10-8-24)40(35,36)32-18-21(2)38-22(3)19-32/h6-11,21-22H,5,12-19H2,1-4H3. The van der Waals surface area contributed by atoms with Crippen LogP contribution in [0.3, 0.4) is 0 Å². The molecule has 0 spiro atoms. The number of rotatable bonds is 8. The van der Waals surface area contributed by atoms with Gasteiger partial charge in [-0.2, -0.15) is 4.31 Å². The number of thiazole rings is 1. The number of anilines is 1. The highest BCUT2D eigenvalue weighted by Crippen LogP contribution is 2.33. The number of hydrogen-bond acceptors (Lipinski definition) is 8. The molecule has 0 saturated carbocycles. The van der Waals surface area contributed by atoms with Crippen molar-refractivity contribution in [2.24, 2.45) is 0 Å². The molecule has 2 unspecified atom stereocenters. The zero-order chi connectivity index (χ0) is 28.4. The highest BCUT2D eigenvalue weighted by atomic mass is 32.2. The second-order valence-electron chi connectivity index (χ2n) is 10.7. The SMILES string of the molecule is Cc1ccc2sc(N(CCCN3CCOCC3)C(=O)c3ccc(S(=O)(=O)N4CC(C)OC(C)C4)cc3)nc2c1C. The molecule has 2 atom stereocenters. The Balaban J connectivity index is 1.39. The number of sulfonamides is 1. The predicted octanol–water partition coefficient (Wildman–Crippen LogP) is 4.08. The molecular weight excluding hydrogens is 548 g/mol. The number of carbonyl (C=O) groups excluding carboxylic acids is 1. The smallest absolute Gasteiger partial charge is 0.260 e. The minimum atomic E-state index is -3.69. The summed E-state index contributed by atoms with van der Waals surface area (Å²) in [4.78, 5) is 23.1. The number of nitrogens with zero attached hydrogens (tertiary/aromatic N) is 4.